The van der Waals surface area contributed by atoms with Crippen molar-refractivity contribution in [2.45, 2.75) is 26.3 Å². The molecule has 0 aromatic heterocycles. The first kappa shape index (κ1) is 15.0. The Labute approximate surface area is 97.0 Å². The zero-order valence-electron chi connectivity index (χ0n) is 9.50. The van der Waals surface area contributed by atoms with Crippen molar-refractivity contribution >= 4 is 17.7 Å². The maximum Gasteiger partial charge on any atom is 0.389 e. The summed E-state index contributed by atoms with van der Waals surface area (Å²) in [5, 5.41) is 10.5. The summed E-state index contributed by atoms with van der Waals surface area (Å²) in [6.07, 6.45) is -0.821. The van der Waals surface area contributed by atoms with Crippen molar-refractivity contribution in [3.05, 3.63) is 10.1 Å². The molecule has 0 spiro atoms. The molecule has 0 saturated carbocycles. The summed E-state index contributed by atoms with van der Waals surface area (Å²) >= 11 is 0. The highest BCUT2D eigenvalue weighted by atomic mass is 16.6. The lowest BCUT2D eigenvalue weighted by Gasteiger charge is -2.07. The Hall–Kier alpha value is -1.99. The molecule has 96 valence electrons. The van der Waals surface area contributed by atoms with Crippen LogP contribution in [0.1, 0.15) is 20.3 Å². The SMILES string of the molecule is CCOC(=O)CC(=O)C(C(=O)OCC)[N+](=O)[O-]. The number of carbonyl (C=O) groups is 3. The summed E-state index contributed by atoms with van der Waals surface area (Å²) in [5.74, 6) is -3.33. The van der Waals surface area contributed by atoms with Gasteiger partial charge in [0, 0.05) is 4.92 Å². The third-order valence-corrected chi connectivity index (χ3v) is 1.65. The van der Waals surface area contributed by atoms with Gasteiger partial charge >= 0.3 is 18.0 Å². The molecule has 8 nitrogen and oxygen atoms in total. The molecule has 0 amide bonds. The summed E-state index contributed by atoms with van der Waals surface area (Å²) in [5.41, 5.74) is 0. The van der Waals surface area contributed by atoms with Crippen LogP contribution in [0.5, 0.6) is 0 Å². The number of hydrogen-bond acceptors (Lipinski definition) is 7. The normalized spacial score (nSPS) is 11.4. The van der Waals surface area contributed by atoms with E-state index in [9.17, 15) is 24.5 Å². The minimum atomic E-state index is -2.17. The summed E-state index contributed by atoms with van der Waals surface area (Å²) in [7, 11) is 0. The molecule has 0 radical (unpaired) electrons. The third kappa shape index (κ3) is 5.05. The smallest absolute Gasteiger partial charge is 0.389 e. The summed E-state index contributed by atoms with van der Waals surface area (Å²) < 4.78 is 8.82. The van der Waals surface area contributed by atoms with Crippen LogP contribution in [-0.2, 0) is 23.9 Å². The van der Waals surface area contributed by atoms with Gasteiger partial charge in [0.05, 0.1) is 13.2 Å². The first-order chi connectivity index (χ1) is 7.93. The van der Waals surface area contributed by atoms with Crippen molar-refractivity contribution in [3.8, 4) is 0 Å². The Morgan fingerprint density at radius 3 is 2.12 bits per heavy atom. The number of Topliss-reactive ketones (excluding diaryl/α,β-unsaturated/α-hetero) is 1. The van der Waals surface area contributed by atoms with Gasteiger partial charge < -0.3 is 9.47 Å². The van der Waals surface area contributed by atoms with Crippen molar-refractivity contribution in [2.75, 3.05) is 13.2 Å². The maximum atomic E-state index is 11.3. The highest BCUT2D eigenvalue weighted by Crippen LogP contribution is 2.02. The molecule has 0 aliphatic carbocycles. The van der Waals surface area contributed by atoms with Gasteiger partial charge in [0.15, 0.2) is 0 Å². The lowest BCUT2D eigenvalue weighted by atomic mass is 10.1. The molecule has 0 heterocycles. The zero-order chi connectivity index (χ0) is 13.4. The van der Waals surface area contributed by atoms with E-state index in [0.29, 0.717) is 0 Å². The minimum absolute atomic E-state index is 0.0502. The maximum absolute atomic E-state index is 11.3. The molecule has 0 N–H and O–H groups in total. The molecule has 0 bridgehead atoms. The van der Waals surface area contributed by atoms with Crippen LogP contribution in [0.4, 0.5) is 0 Å². The van der Waals surface area contributed by atoms with Crippen molar-refractivity contribution in [3.63, 3.8) is 0 Å². The molecule has 0 aliphatic heterocycles. The van der Waals surface area contributed by atoms with E-state index in [-0.39, 0.29) is 13.2 Å². The number of ether oxygens (including phenoxy) is 2. The van der Waals surface area contributed by atoms with E-state index in [0.717, 1.165) is 0 Å². The summed E-state index contributed by atoms with van der Waals surface area (Å²) in [4.78, 5) is 42.9. The minimum Gasteiger partial charge on any atom is -0.466 e. The number of nitro groups is 1. The van der Waals surface area contributed by atoms with Gasteiger partial charge in [-0.3, -0.25) is 19.7 Å². The average Bonchev–Trinajstić information content (AvgIpc) is 2.17. The zero-order valence-corrected chi connectivity index (χ0v) is 9.50. The van der Waals surface area contributed by atoms with Crippen molar-refractivity contribution in [1.29, 1.82) is 0 Å². The number of nitrogens with zero attached hydrogens (tertiary/aromatic N) is 1. The number of rotatable bonds is 7. The van der Waals surface area contributed by atoms with Gasteiger partial charge in [0.1, 0.15) is 6.42 Å². The van der Waals surface area contributed by atoms with Crippen LogP contribution in [0.2, 0.25) is 0 Å². The fourth-order valence-electron chi connectivity index (χ4n) is 1.01. The van der Waals surface area contributed by atoms with E-state index >= 15 is 0 Å². The molecule has 1 unspecified atom stereocenters. The molecule has 17 heavy (non-hydrogen) atoms. The summed E-state index contributed by atoms with van der Waals surface area (Å²) in [6.45, 7) is 2.94. The third-order valence-electron chi connectivity index (χ3n) is 1.65. The highest BCUT2D eigenvalue weighted by molar-refractivity contribution is 6.08. The van der Waals surface area contributed by atoms with Gasteiger partial charge in [0.2, 0.25) is 5.78 Å². The van der Waals surface area contributed by atoms with Crippen molar-refractivity contribution in [2.24, 2.45) is 0 Å². The number of ketones is 1. The molecule has 8 heteroatoms. The Bertz CT molecular complexity index is 325. The van der Waals surface area contributed by atoms with Gasteiger partial charge in [0.25, 0.3) is 0 Å². The predicted molar refractivity (Wildman–Crippen MR) is 53.7 cm³/mol. The molecule has 1 atom stereocenters. The van der Waals surface area contributed by atoms with Crippen LogP contribution < -0.4 is 0 Å². The highest BCUT2D eigenvalue weighted by Gasteiger charge is 2.40. The van der Waals surface area contributed by atoms with E-state index in [1.807, 2.05) is 0 Å². The molecule has 0 aromatic carbocycles. The molecule has 0 fully saturated rings. The van der Waals surface area contributed by atoms with Gasteiger partial charge in [-0.25, -0.2) is 4.79 Å². The topological polar surface area (TPSA) is 113 Å². The second-order valence-corrected chi connectivity index (χ2v) is 2.89. The quantitative estimate of drug-likeness (QED) is 0.263. The van der Waals surface area contributed by atoms with Gasteiger partial charge in [-0.2, -0.15) is 0 Å². The summed E-state index contributed by atoms with van der Waals surface area (Å²) in [6, 6.07) is -2.17. The fraction of sp³-hybridized carbons (Fsp3) is 0.667. The largest absolute Gasteiger partial charge is 0.466 e. The molecule has 0 rings (SSSR count). The average molecular weight is 247 g/mol. The molecule has 0 saturated heterocycles. The molecule has 0 aromatic rings. The Balaban J connectivity index is 4.61. The standard InChI is InChI=1S/C9H13NO7/c1-3-16-7(12)5-6(11)8(10(14)15)9(13)17-4-2/h8H,3-5H2,1-2H3. The fourth-order valence-corrected chi connectivity index (χ4v) is 1.01. The molecular formula is C9H13NO7. The number of esters is 2. The van der Waals surface area contributed by atoms with E-state index in [4.69, 9.17) is 0 Å². The monoisotopic (exact) mass is 247 g/mol. The Morgan fingerprint density at radius 2 is 1.71 bits per heavy atom. The molecule has 0 aliphatic rings. The number of carbonyl (C=O) groups excluding carboxylic acids is 3. The van der Waals surface area contributed by atoms with Crippen LogP contribution >= 0.6 is 0 Å². The Morgan fingerprint density at radius 1 is 1.18 bits per heavy atom. The Kier molecular flexibility index (Phi) is 6.46. The predicted octanol–water partition coefficient (Wildman–Crippen LogP) is -0.283. The van der Waals surface area contributed by atoms with Crippen molar-refractivity contribution < 1.29 is 28.8 Å². The van der Waals surface area contributed by atoms with Crippen LogP contribution in [0.3, 0.4) is 0 Å². The van der Waals surface area contributed by atoms with E-state index in [2.05, 4.69) is 9.47 Å². The number of hydrogen-bond donors (Lipinski definition) is 0. The second kappa shape index (κ2) is 7.31. The lowest BCUT2D eigenvalue weighted by molar-refractivity contribution is -0.496. The van der Waals surface area contributed by atoms with E-state index in [1.54, 1.807) is 0 Å². The van der Waals surface area contributed by atoms with Gasteiger partial charge in [-0.05, 0) is 13.8 Å². The molecular weight excluding hydrogens is 234 g/mol. The van der Waals surface area contributed by atoms with Crippen molar-refractivity contribution in [1.82, 2.24) is 0 Å². The van der Waals surface area contributed by atoms with Crippen LogP contribution in [0.25, 0.3) is 0 Å². The lowest BCUT2D eigenvalue weighted by Crippen LogP contribution is -2.40. The van der Waals surface area contributed by atoms with Crippen LogP contribution in [0, 0.1) is 10.1 Å². The van der Waals surface area contributed by atoms with Gasteiger partial charge in [-0.1, -0.05) is 0 Å². The first-order valence-corrected chi connectivity index (χ1v) is 4.92. The first-order valence-electron chi connectivity index (χ1n) is 4.92. The van der Waals surface area contributed by atoms with Crippen LogP contribution in [-0.4, -0.2) is 41.9 Å². The second-order valence-electron chi connectivity index (χ2n) is 2.89. The van der Waals surface area contributed by atoms with E-state index < -0.39 is 35.1 Å². The van der Waals surface area contributed by atoms with E-state index in [1.165, 1.54) is 13.8 Å². The van der Waals surface area contributed by atoms with Crippen LogP contribution in [0.15, 0.2) is 0 Å². The van der Waals surface area contributed by atoms with Gasteiger partial charge in [-0.15, -0.1) is 0 Å².